The summed E-state index contributed by atoms with van der Waals surface area (Å²) >= 11 is 0. The highest BCUT2D eigenvalue weighted by molar-refractivity contribution is 6.04. The molecule has 0 bridgehead atoms. The van der Waals surface area contributed by atoms with Crippen molar-refractivity contribution in [3.05, 3.63) is 130 Å². The molecular weight excluding hydrogens is 588 g/mol. The number of carbonyl (C=O) groups excluding carboxylic acids is 3. The van der Waals surface area contributed by atoms with E-state index in [-0.39, 0.29) is 30.1 Å². The number of carbonyl (C=O) groups is 3. The SMILES string of the molecule is Cc1cccc(NC(=O)c2nn(Cc3cccc4cc(CC(=O)/C=C/CN(C)C)ccc34)c3c2CN(C(=O)c2ccc[nH]2)CC3C)c1. The van der Waals surface area contributed by atoms with E-state index < -0.39 is 0 Å². The van der Waals surface area contributed by atoms with Crippen LogP contribution in [0.1, 0.15) is 61.8 Å². The zero-order chi connectivity index (χ0) is 33.1. The molecule has 2 N–H and O–H groups in total. The second-order valence-electron chi connectivity index (χ2n) is 12.6. The number of benzene rings is 3. The molecule has 240 valence electrons. The standard InChI is InChI=1S/C38H40N6O3/c1-25-9-5-12-30(19-25)40-37(46)35-33-24-43(38(47)34-14-7-17-39-34)22-26(2)36(33)44(41-35)23-29-11-6-10-28-20-27(15-16-32(28)29)21-31(45)13-8-18-42(3)4/h5-17,19-20,26,39H,18,21-24H2,1-4H3,(H,40,46)/b13-8+. The molecule has 47 heavy (non-hydrogen) atoms. The topological polar surface area (TPSA) is 103 Å². The lowest BCUT2D eigenvalue weighted by Gasteiger charge is -2.32. The van der Waals surface area contributed by atoms with E-state index >= 15 is 0 Å². The van der Waals surface area contributed by atoms with Crippen LogP contribution in [0.25, 0.3) is 10.8 Å². The molecule has 0 saturated heterocycles. The number of hydrogen-bond acceptors (Lipinski definition) is 5. The van der Waals surface area contributed by atoms with Crippen molar-refractivity contribution >= 4 is 34.1 Å². The third kappa shape index (κ3) is 7.10. The monoisotopic (exact) mass is 628 g/mol. The third-order valence-electron chi connectivity index (χ3n) is 8.52. The Morgan fingerprint density at radius 3 is 2.64 bits per heavy atom. The van der Waals surface area contributed by atoms with Gasteiger partial charge in [0.1, 0.15) is 5.69 Å². The number of amides is 2. The summed E-state index contributed by atoms with van der Waals surface area (Å²) in [6.45, 7) is 6.02. The number of H-pyrrole nitrogens is 1. The van der Waals surface area contributed by atoms with Gasteiger partial charge in [-0.3, -0.25) is 19.1 Å². The van der Waals surface area contributed by atoms with Crippen LogP contribution in [-0.4, -0.2) is 69.3 Å². The van der Waals surface area contributed by atoms with Crippen LogP contribution in [0, 0.1) is 6.92 Å². The molecule has 0 spiro atoms. The molecule has 6 rings (SSSR count). The number of nitrogens with one attached hydrogen (secondary N) is 2. The molecule has 0 saturated carbocycles. The number of aromatic amines is 1. The molecule has 2 aromatic heterocycles. The van der Waals surface area contributed by atoms with Crippen LogP contribution in [0.5, 0.6) is 0 Å². The predicted octanol–water partition coefficient (Wildman–Crippen LogP) is 5.96. The molecule has 9 nitrogen and oxygen atoms in total. The fourth-order valence-electron chi connectivity index (χ4n) is 6.36. The van der Waals surface area contributed by atoms with Gasteiger partial charge in [-0.25, -0.2) is 0 Å². The lowest BCUT2D eigenvalue weighted by atomic mass is 9.95. The van der Waals surface area contributed by atoms with Crippen molar-refractivity contribution in [2.45, 2.75) is 39.3 Å². The van der Waals surface area contributed by atoms with Gasteiger partial charge in [0.15, 0.2) is 11.5 Å². The highest BCUT2D eigenvalue weighted by Crippen LogP contribution is 2.33. The molecule has 2 amide bonds. The molecule has 1 unspecified atom stereocenters. The highest BCUT2D eigenvalue weighted by atomic mass is 16.2. The van der Waals surface area contributed by atoms with Gasteiger partial charge in [-0.1, -0.05) is 61.5 Å². The van der Waals surface area contributed by atoms with Crippen molar-refractivity contribution in [2.24, 2.45) is 0 Å². The van der Waals surface area contributed by atoms with Crippen LogP contribution in [0.15, 0.2) is 91.1 Å². The van der Waals surface area contributed by atoms with E-state index in [0.29, 0.717) is 36.6 Å². The van der Waals surface area contributed by atoms with Crippen molar-refractivity contribution in [3.63, 3.8) is 0 Å². The summed E-state index contributed by atoms with van der Waals surface area (Å²) < 4.78 is 1.93. The summed E-state index contributed by atoms with van der Waals surface area (Å²) in [5.41, 5.74) is 6.30. The average molecular weight is 629 g/mol. The Labute approximate surface area is 274 Å². The summed E-state index contributed by atoms with van der Waals surface area (Å²) in [5.74, 6) is -0.403. The van der Waals surface area contributed by atoms with Crippen molar-refractivity contribution in [2.75, 3.05) is 32.5 Å². The Morgan fingerprint density at radius 1 is 1.04 bits per heavy atom. The van der Waals surface area contributed by atoms with Crippen LogP contribution < -0.4 is 5.32 Å². The lowest BCUT2D eigenvalue weighted by Crippen LogP contribution is -2.38. The molecule has 1 atom stereocenters. The summed E-state index contributed by atoms with van der Waals surface area (Å²) in [5, 5.41) is 10.0. The van der Waals surface area contributed by atoms with E-state index in [4.69, 9.17) is 5.10 Å². The summed E-state index contributed by atoms with van der Waals surface area (Å²) in [6.07, 6.45) is 5.62. The molecule has 9 heteroatoms. The summed E-state index contributed by atoms with van der Waals surface area (Å²) in [7, 11) is 3.94. The minimum atomic E-state index is -0.307. The first kappa shape index (κ1) is 31.7. The Morgan fingerprint density at radius 2 is 1.87 bits per heavy atom. The third-order valence-corrected chi connectivity index (χ3v) is 8.52. The highest BCUT2D eigenvalue weighted by Gasteiger charge is 2.34. The Hall–Kier alpha value is -5.28. The van der Waals surface area contributed by atoms with E-state index in [2.05, 4.69) is 41.5 Å². The number of nitrogens with zero attached hydrogens (tertiary/aromatic N) is 4. The van der Waals surface area contributed by atoms with Gasteiger partial charge in [0.2, 0.25) is 0 Å². The van der Waals surface area contributed by atoms with Crippen LogP contribution in [0.2, 0.25) is 0 Å². The normalized spacial score (nSPS) is 14.6. The largest absolute Gasteiger partial charge is 0.357 e. The van der Waals surface area contributed by atoms with Crippen molar-refractivity contribution in [3.8, 4) is 0 Å². The number of hydrogen-bond donors (Lipinski definition) is 2. The van der Waals surface area contributed by atoms with E-state index in [1.165, 1.54) is 0 Å². The quantitative estimate of drug-likeness (QED) is 0.186. The minimum Gasteiger partial charge on any atom is -0.357 e. The first-order valence-corrected chi connectivity index (χ1v) is 15.9. The first-order chi connectivity index (χ1) is 22.7. The fraction of sp³-hybridized carbons (Fsp3) is 0.263. The number of rotatable bonds is 10. The van der Waals surface area contributed by atoms with Crippen LogP contribution in [-0.2, 0) is 24.3 Å². The molecular formula is C38H40N6O3. The van der Waals surface area contributed by atoms with Gasteiger partial charge in [0.05, 0.1) is 13.1 Å². The van der Waals surface area contributed by atoms with Gasteiger partial charge in [-0.05, 0) is 78.8 Å². The van der Waals surface area contributed by atoms with E-state index in [1.807, 2.05) is 73.1 Å². The number of allylic oxidation sites excluding steroid dienone is 1. The zero-order valence-electron chi connectivity index (χ0n) is 27.3. The molecule has 0 radical (unpaired) electrons. The van der Waals surface area contributed by atoms with Crippen LogP contribution in [0.4, 0.5) is 5.69 Å². The maximum atomic E-state index is 13.8. The molecule has 3 heterocycles. The Balaban J connectivity index is 1.32. The van der Waals surface area contributed by atoms with Gasteiger partial charge < -0.3 is 20.1 Å². The lowest BCUT2D eigenvalue weighted by molar-refractivity contribution is -0.114. The first-order valence-electron chi connectivity index (χ1n) is 15.9. The Bertz CT molecular complexity index is 1970. The minimum absolute atomic E-state index is 0.0566. The van der Waals surface area contributed by atoms with Gasteiger partial charge in [-0.2, -0.15) is 5.10 Å². The molecule has 1 aliphatic heterocycles. The second-order valence-corrected chi connectivity index (χ2v) is 12.6. The van der Waals surface area contributed by atoms with Gasteiger partial charge in [-0.15, -0.1) is 0 Å². The van der Waals surface area contributed by atoms with Crippen molar-refractivity contribution in [1.29, 1.82) is 0 Å². The van der Waals surface area contributed by atoms with Gasteiger partial charge in [0, 0.05) is 48.6 Å². The fourth-order valence-corrected chi connectivity index (χ4v) is 6.36. The molecule has 0 aliphatic carbocycles. The van der Waals surface area contributed by atoms with Crippen molar-refractivity contribution < 1.29 is 14.4 Å². The number of aryl methyl sites for hydroxylation is 1. The van der Waals surface area contributed by atoms with Crippen molar-refractivity contribution in [1.82, 2.24) is 24.6 Å². The van der Waals surface area contributed by atoms with E-state index in [9.17, 15) is 14.4 Å². The molecule has 3 aromatic carbocycles. The zero-order valence-corrected chi connectivity index (χ0v) is 27.3. The van der Waals surface area contributed by atoms with Crippen LogP contribution in [0.3, 0.4) is 0 Å². The smallest absolute Gasteiger partial charge is 0.276 e. The predicted molar refractivity (Wildman–Crippen MR) is 185 cm³/mol. The molecule has 0 fully saturated rings. The number of fused-ring (bicyclic) bond motifs is 2. The maximum absolute atomic E-state index is 13.8. The molecule has 1 aliphatic rings. The second kappa shape index (κ2) is 13.6. The van der Waals surface area contributed by atoms with Gasteiger partial charge in [0.25, 0.3) is 11.8 Å². The maximum Gasteiger partial charge on any atom is 0.276 e. The number of aromatic nitrogens is 3. The van der Waals surface area contributed by atoms with E-state index in [1.54, 1.807) is 29.3 Å². The average Bonchev–Trinajstić information content (AvgIpc) is 3.70. The number of anilines is 1. The molecule has 5 aromatic rings. The van der Waals surface area contributed by atoms with Crippen LogP contribution >= 0.6 is 0 Å². The number of likely N-dealkylation sites (N-methyl/N-ethyl adjacent to an activating group) is 1. The van der Waals surface area contributed by atoms with Gasteiger partial charge >= 0.3 is 0 Å². The number of ketones is 1. The summed E-state index contributed by atoms with van der Waals surface area (Å²) in [6, 6.07) is 23.5. The summed E-state index contributed by atoms with van der Waals surface area (Å²) in [4.78, 5) is 46.5. The van der Waals surface area contributed by atoms with E-state index in [0.717, 1.165) is 45.3 Å². The Kier molecular flexibility index (Phi) is 9.17.